The molecule has 1 aromatic carbocycles. The van der Waals surface area contributed by atoms with Gasteiger partial charge in [-0.05, 0) is 43.5 Å². The minimum Gasteiger partial charge on any atom is -0.491 e. The molecule has 0 spiro atoms. The maximum Gasteiger partial charge on any atom is 0.119 e. The van der Waals surface area contributed by atoms with Crippen molar-refractivity contribution in [2.75, 3.05) is 19.8 Å². The third-order valence-corrected chi connectivity index (χ3v) is 3.36. The first-order chi connectivity index (χ1) is 8.88. The summed E-state index contributed by atoms with van der Waals surface area (Å²) in [5.41, 5.74) is 6.77. The van der Waals surface area contributed by atoms with E-state index in [0.717, 1.165) is 12.2 Å². The second kappa shape index (κ2) is 7.39. The van der Waals surface area contributed by atoms with Gasteiger partial charge in [0.2, 0.25) is 0 Å². The lowest BCUT2D eigenvalue weighted by atomic mass is 10.1. The Bertz CT molecular complexity index is 331. The number of benzene rings is 1. The summed E-state index contributed by atoms with van der Waals surface area (Å²) in [5.74, 6) is 0.908. The smallest absolute Gasteiger partial charge is 0.119 e. The Balaban J connectivity index is 1.63. The Morgan fingerprint density at radius 2 is 1.78 bits per heavy atom. The molecule has 0 atom stereocenters. The molecule has 0 amide bonds. The maximum absolute atomic E-state index is 5.75. The normalized spacial score (nSPS) is 16.1. The van der Waals surface area contributed by atoms with Crippen LogP contribution in [0.15, 0.2) is 24.3 Å². The molecule has 3 heteroatoms. The van der Waals surface area contributed by atoms with Crippen molar-refractivity contribution in [2.45, 2.75) is 38.2 Å². The van der Waals surface area contributed by atoms with Crippen LogP contribution in [-0.2, 0) is 11.2 Å². The van der Waals surface area contributed by atoms with E-state index in [9.17, 15) is 0 Å². The number of nitrogens with two attached hydrogens (primary N) is 1. The van der Waals surface area contributed by atoms with E-state index in [1.807, 2.05) is 12.1 Å². The molecule has 3 nitrogen and oxygen atoms in total. The summed E-state index contributed by atoms with van der Waals surface area (Å²) < 4.78 is 11.4. The van der Waals surface area contributed by atoms with Crippen LogP contribution >= 0.6 is 0 Å². The summed E-state index contributed by atoms with van der Waals surface area (Å²) in [6.07, 6.45) is 6.45. The van der Waals surface area contributed by atoms with Gasteiger partial charge in [0.05, 0.1) is 12.7 Å². The van der Waals surface area contributed by atoms with E-state index in [1.54, 1.807) is 0 Å². The minimum atomic E-state index is 0.473. The second-order valence-corrected chi connectivity index (χ2v) is 4.81. The van der Waals surface area contributed by atoms with Gasteiger partial charge in [0, 0.05) is 0 Å². The molecule has 0 aromatic heterocycles. The van der Waals surface area contributed by atoms with Crippen molar-refractivity contribution in [1.29, 1.82) is 0 Å². The lowest BCUT2D eigenvalue weighted by Crippen LogP contribution is -2.13. The van der Waals surface area contributed by atoms with Crippen LogP contribution in [0.5, 0.6) is 5.75 Å². The van der Waals surface area contributed by atoms with Gasteiger partial charge in [-0.1, -0.05) is 25.0 Å². The molecule has 1 aromatic rings. The lowest BCUT2D eigenvalue weighted by Gasteiger charge is -2.12. The van der Waals surface area contributed by atoms with Crippen LogP contribution < -0.4 is 10.5 Å². The molecule has 0 unspecified atom stereocenters. The van der Waals surface area contributed by atoms with Gasteiger partial charge in [0.15, 0.2) is 0 Å². The third kappa shape index (κ3) is 4.31. The first kappa shape index (κ1) is 13.4. The highest BCUT2D eigenvalue weighted by molar-refractivity contribution is 5.27. The van der Waals surface area contributed by atoms with Crippen LogP contribution in [0.4, 0.5) is 0 Å². The van der Waals surface area contributed by atoms with Crippen LogP contribution in [0.3, 0.4) is 0 Å². The average molecular weight is 249 g/mol. The van der Waals surface area contributed by atoms with Gasteiger partial charge >= 0.3 is 0 Å². The predicted molar refractivity (Wildman–Crippen MR) is 72.9 cm³/mol. The Morgan fingerprint density at radius 3 is 2.44 bits per heavy atom. The van der Waals surface area contributed by atoms with Gasteiger partial charge < -0.3 is 15.2 Å². The largest absolute Gasteiger partial charge is 0.491 e. The van der Waals surface area contributed by atoms with Crippen LogP contribution in [0.1, 0.15) is 31.2 Å². The molecule has 1 saturated carbocycles. The topological polar surface area (TPSA) is 44.5 Å². The number of rotatable bonds is 7. The van der Waals surface area contributed by atoms with Gasteiger partial charge in [-0.3, -0.25) is 0 Å². The first-order valence-corrected chi connectivity index (χ1v) is 6.92. The van der Waals surface area contributed by atoms with E-state index < -0.39 is 0 Å². The van der Waals surface area contributed by atoms with E-state index in [1.165, 1.54) is 31.2 Å². The SMILES string of the molecule is NCCc1ccc(OCCOC2CCCC2)cc1. The molecule has 100 valence electrons. The van der Waals surface area contributed by atoms with Crippen LogP contribution in [0.2, 0.25) is 0 Å². The fourth-order valence-electron chi connectivity index (χ4n) is 2.35. The standard InChI is InChI=1S/C15H23NO2/c16-10-9-13-5-7-15(8-6-13)18-12-11-17-14-3-1-2-4-14/h5-8,14H,1-4,9-12,16H2. The van der Waals surface area contributed by atoms with Gasteiger partial charge in [0.1, 0.15) is 12.4 Å². The molecule has 1 aliphatic carbocycles. The molecule has 0 saturated heterocycles. The van der Waals surface area contributed by atoms with E-state index >= 15 is 0 Å². The van der Waals surface area contributed by atoms with Crippen LogP contribution in [0, 0.1) is 0 Å². The molecular weight excluding hydrogens is 226 g/mol. The van der Waals surface area contributed by atoms with Crippen molar-refractivity contribution in [3.63, 3.8) is 0 Å². The minimum absolute atomic E-state index is 0.473. The molecule has 0 radical (unpaired) electrons. The molecule has 18 heavy (non-hydrogen) atoms. The molecule has 1 aliphatic rings. The highest BCUT2D eigenvalue weighted by Gasteiger charge is 2.14. The van der Waals surface area contributed by atoms with Gasteiger partial charge in [-0.15, -0.1) is 0 Å². The third-order valence-electron chi connectivity index (χ3n) is 3.36. The summed E-state index contributed by atoms with van der Waals surface area (Å²) in [7, 11) is 0. The quantitative estimate of drug-likeness (QED) is 0.755. The Labute approximate surface area is 109 Å². The van der Waals surface area contributed by atoms with Gasteiger partial charge in [-0.25, -0.2) is 0 Å². The van der Waals surface area contributed by atoms with E-state index in [2.05, 4.69) is 12.1 Å². The average Bonchev–Trinajstić information content (AvgIpc) is 2.90. The predicted octanol–water partition coefficient (Wildman–Crippen LogP) is 2.53. The molecule has 0 bridgehead atoms. The zero-order valence-corrected chi connectivity index (χ0v) is 10.9. The van der Waals surface area contributed by atoms with Crippen molar-refractivity contribution < 1.29 is 9.47 Å². The Hall–Kier alpha value is -1.06. The van der Waals surface area contributed by atoms with Crippen molar-refractivity contribution >= 4 is 0 Å². The summed E-state index contributed by atoms with van der Waals surface area (Å²) in [6, 6.07) is 8.14. The molecule has 0 heterocycles. The molecule has 0 aliphatic heterocycles. The summed E-state index contributed by atoms with van der Waals surface area (Å²) in [4.78, 5) is 0. The van der Waals surface area contributed by atoms with Crippen molar-refractivity contribution in [3.05, 3.63) is 29.8 Å². The summed E-state index contributed by atoms with van der Waals surface area (Å²) in [5, 5.41) is 0. The van der Waals surface area contributed by atoms with Gasteiger partial charge in [0.25, 0.3) is 0 Å². The fraction of sp³-hybridized carbons (Fsp3) is 0.600. The highest BCUT2D eigenvalue weighted by Crippen LogP contribution is 2.20. The number of hydrogen-bond donors (Lipinski definition) is 1. The maximum atomic E-state index is 5.75. The highest BCUT2D eigenvalue weighted by atomic mass is 16.5. The van der Waals surface area contributed by atoms with Crippen molar-refractivity contribution in [1.82, 2.24) is 0 Å². The lowest BCUT2D eigenvalue weighted by molar-refractivity contribution is 0.0382. The van der Waals surface area contributed by atoms with E-state index in [-0.39, 0.29) is 0 Å². The molecular formula is C15H23NO2. The molecule has 1 fully saturated rings. The van der Waals surface area contributed by atoms with Crippen LogP contribution in [-0.4, -0.2) is 25.9 Å². The number of ether oxygens (including phenoxy) is 2. The molecule has 2 rings (SSSR count). The van der Waals surface area contributed by atoms with Crippen molar-refractivity contribution in [2.24, 2.45) is 5.73 Å². The van der Waals surface area contributed by atoms with Gasteiger partial charge in [-0.2, -0.15) is 0 Å². The second-order valence-electron chi connectivity index (χ2n) is 4.81. The summed E-state index contributed by atoms with van der Waals surface area (Å²) >= 11 is 0. The van der Waals surface area contributed by atoms with Crippen LogP contribution in [0.25, 0.3) is 0 Å². The first-order valence-electron chi connectivity index (χ1n) is 6.92. The number of hydrogen-bond acceptors (Lipinski definition) is 3. The zero-order valence-electron chi connectivity index (χ0n) is 10.9. The Morgan fingerprint density at radius 1 is 1.06 bits per heavy atom. The molecule has 2 N–H and O–H groups in total. The van der Waals surface area contributed by atoms with E-state index in [0.29, 0.717) is 25.9 Å². The fourth-order valence-corrected chi connectivity index (χ4v) is 2.35. The zero-order chi connectivity index (χ0) is 12.6. The Kier molecular flexibility index (Phi) is 5.49. The van der Waals surface area contributed by atoms with E-state index in [4.69, 9.17) is 15.2 Å². The van der Waals surface area contributed by atoms with Crippen molar-refractivity contribution in [3.8, 4) is 5.75 Å². The monoisotopic (exact) mass is 249 g/mol. The summed E-state index contributed by atoms with van der Waals surface area (Å²) in [6.45, 7) is 2.01.